The monoisotopic (exact) mass is 321 g/mol. The number of ether oxygens (including phenoxy) is 1. The summed E-state index contributed by atoms with van der Waals surface area (Å²) in [5, 5.41) is 5.74. The topological polar surface area (TPSA) is 53.6 Å². The van der Waals surface area contributed by atoms with Crippen molar-refractivity contribution in [3.8, 4) is 0 Å². The van der Waals surface area contributed by atoms with Gasteiger partial charge in [-0.05, 0) is 51.1 Å². The molecule has 1 aromatic rings. The number of hydrogen-bond donors (Lipinski definition) is 2. The highest BCUT2D eigenvalue weighted by atomic mass is 16.5. The fourth-order valence-electron chi connectivity index (χ4n) is 2.22. The summed E-state index contributed by atoms with van der Waals surface area (Å²) in [6.45, 7) is 8.37. The van der Waals surface area contributed by atoms with E-state index in [-0.39, 0.29) is 12.1 Å². The van der Waals surface area contributed by atoms with Crippen LogP contribution >= 0.6 is 0 Å². The Hall–Kier alpha value is -1.59. The van der Waals surface area contributed by atoms with E-state index in [0.717, 1.165) is 18.7 Å². The van der Waals surface area contributed by atoms with Gasteiger partial charge in [0.25, 0.3) is 0 Å². The van der Waals surface area contributed by atoms with Crippen molar-refractivity contribution < 1.29 is 9.53 Å². The fraction of sp³-hybridized carbons (Fsp3) is 0.611. The molecule has 0 radical (unpaired) electrons. The lowest BCUT2D eigenvalue weighted by Crippen LogP contribution is -2.37. The largest absolute Gasteiger partial charge is 0.377 e. The van der Waals surface area contributed by atoms with Crippen LogP contribution in [0.2, 0.25) is 0 Å². The van der Waals surface area contributed by atoms with E-state index in [2.05, 4.69) is 29.4 Å². The van der Waals surface area contributed by atoms with Gasteiger partial charge in [-0.3, -0.25) is 0 Å². The first-order valence-electron chi connectivity index (χ1n) is 8.33. The van der Waals surface area contributed by atoms with E-state index in [1.165, 1.54) is 5.56 Å². The highest BCUT2D eigenvalue weighted by Crippen LogP contribution is 2.16. The Morgan fingerprint density at radius 2 is 1.87 bits per heavy atom. The summed E-state index contributed by atoms with van der Waals surface area (Å²) >= 11 is 0. The molecule has 130 valence electrons. The first kappa shape index (κ1) is 19.5. The van der Waals surface area contributed by atoms with Crippen LogP contribution in [0.3, 0.4) is 0 Å². The third-order valence-corrected chi connectivity index (χ3v) is 3.63. The average Bonchev–Trinajstić information content (AvgIpc) is 2.50. The minimum atomic E-state index is -0.197. The number of carbonyl (C=O) groups is 1. The highest BCUT2D eigenvalue weighted by molar-refractivity contribution is 5.89. The number of amides is 2. The summed E-state index contributed by atoms with van der Waals surface area (Å²) in [6, 6.07) is 7.75. The third kappa shape index (κ3) is 8.00. The second kappa shape index (κ2) is 10.2. The smallest absolute Gasteiger partial charge is 0.319 e. The van der Waals surface area contributed by atoms with E-state index in [1.54, 1.807) is 0 Å². The Balaban J connectivity index is 2.41. The summed E-state index contributed by atoms with van der Waals surface area (Å²) in [6.07, 6.45) is 0.931. The summed E-state index contributed by atoms with van der Waals surface area (Å²) < 4.78 is 5.67. The lowest BCUT2D eigenvalue weighted by molar-refractivity contribution is 0.0538. The molecule has 2 amide bonds. The Bertz CT molecular complexity index is 458. The van der Waals surface area contributed by atoms with Crippen LogP contribution in [0.5, 0.6) is 0 Å². The van der Waals surface area contributed by atoms with Gasteiger partial charge in [0.15, 0.2) is 0 Å². The molecule has 0 heterocycles. The lowest BCUT2D eigenvalue weighted by atomic mass is 10.0. The van der Waals surface area contributed by atoms with Gasteiger partial charge >= 0.3 is 6.03 Å². The van der Waals surface area contributed by atoms with Crippen molar-refractivity contribution in [2.24, 2.45) is 0 Å². The summed E-state index contributed by atoms with van der Waals surface area (Å²) in [5.74, 6) is 0.488. The zero-order valence-electron chi connectivity index (χ0n) is 15.1. The average molecular weight is 321 g/mol. The molecule has 0 spiro atoms. The van der Waals surface area contributed by atoms with Crippen molar-refractivity contribution in [2.45, 2.75) is 39.2 Å². The van der Waals surface area contributed by atoms with Crippen LogP contribution in [-0.2, 0) is 4.74 Å². The van der Waals surface area contributed by atoms with Crippen LogP contribution in [0.1, 0.15) is 38.7 Å². The van der Waals surface area contributed by atoms with Gasteiger partial charge < -0.3 is 20.3 Å². The van der Waals surface area contributed by atoms with Gasteiger partial charge in [-0.25, -0.2) is 4.79 Å². The van der Waals surface area contributed by atoms with Gasteiger partial charge in [0.2, 0.25) is 0 Å². The molecule has 0 saturated heterocycles. The number of hydrogen-bond acceptors (Lipinski definition) is 3. The molecule has 1 aromatic carbocycles. The van der Waals surface area contributed by atoms with Gasteiger partial charge in [0.1, 0.15) is 0 Å². The molecule has 0 fully saturated rings. The molecular weight excluding hydrogens is 290 g/mol. The zero-order chi connectivity index (χ0) is 17.2. The quantitative estimate of drug-likeness (QED) is 0.734. The fourth-order valence-corrected chi connectivity index (χ4v) is 2.22. The Morgan fingerprint density at radius 3 is 2.39 bits per heavy atom. The molecule has 1 atom stereocenters. The lowest BCUT2D eigenvalue weighted by Gasteiger charge is -2.20. The molecule has 0 bridgehead atoms. The van der Waals surface area contributed by atoms with Crippen molar-refractivity contribution >= 4 is 11.7 Å². The maximum absolute atomic E-state index is 12.0. The van der Waals surface area contributed by atoms with Crippen LogP contribution in [0.25, 0.3) is 0 Å². The first-order valence-corrected chi connectivity index (χ1v) is 8.33. The van der Waals surface area contributed by atoms with E-state index < -0.39 is 0 Å². The SMILES string of the molecule is CCO[C@H](CCN(C)C)CNC(=O)Nc1ccc(C(C)C)cc1. The van der Waals surface area contributed by atoms with Crippen LogP contribution in [-0.4, -0.2) is 50.8 Å². The van der Waals surface area contributed by atoms with Crippen LogP contribution in [0.15, 0.2) is 24.3 Å². The maximum atomic E-state index is 12.0. The van der Waals surface area contributed by atoms with E-state index in [1.807, 2.05) is 45.3 Å². The van der Waals surface area contributed by atoms with E-state index in [0.29, 0.717) is 19.1 Å². The van der Waals surface area contributed by atoms with Crippen LogP contribution < -0.4 is 10.6 Å². The number of nitrogens with one attached hydrogen (secondary N) is 2. The number of anilines is 1. The predicted molar refractivity (Wildman–Crippen MR) is 96.1 cm³/mol. The molecular formula is C18H31N3O2. The van der Waals surface area contributed by atoms with Crippen molar-refractivity contribution in [1.82, 2.24) is 10.2 Å². The molecule has 0 aliphatic rings. The summed E-state index contributed by atoms with van der Waals surface area (Å²) in [7, 11) is 4.06. The number of carbonyl (C=O) groups excluding carboxylic acids is 1. The Morgan fingerprint density at radius 1 is 1.22 bits per heavy atom. The van der Waals surface area contributed by atoms with Crippen molar-refractivity contribution in [3.05, 3.63) is 29.8 Å². The molecule has 0 aliphatic heterocycles. The molecule has 0 saturated carbocycles. The van der Waals surface area contributed by atoms with Gasteiger partial charge in [-0.15, -0.1) is 0 Å². The molecule has 5 nitrogen and oxygen atoms in total. The van der Waals surface area contributed by atoms with E-state index in [4.69, 9.17) is 4.74 Å². The molecule has 0 aliphatic carbocycles. The van der Waals surface area contributed by atoms with Crippen molar-refractivity contribution in [1.29, 1.82) is 0 Å². The highest BCUT2D eigenvalue weighted by Gasteiger charge is 2.11. The third-order valence-electron chi connectivity index (χ3n) is 3.63. The van der Waals surface area contributed by atoms with E-state index in [9.17, 15) is 4.79 Å². The number of benzene rings is 1. The molecule has 0 unspecified atom stereocenters. The molecule has 0 aromatic heterocycles. The van der Waals surface area contributed by atoms with Crippen LogP contribution in [0.4, 0.5) is 10.5 Å². The summed E-state index contributed by atoms with van der Waals surface area (Å²) in [4.78, 5) is 14.1. The minimum Gasteiger partial charge on any atom is -0.377 e. The van der Waals surface area contributed by atoms with Crippen molar-refractivity contribution in [3.63, 3.8) is 0 Å². The van der Waals surface area contributed by atoms with Crippen molar-refractivity contribution in [2.75, 3.05) is 39.1 Å². The van der Waals surface area contributed by atoms with Gasteiger partial charge in [-0.1, -0.05) is 26.0 Å². The van der Waals surface area contributed by atoms with E-state index >= 15 is 0 Å². The zero-order valence-corrected chi connectivity index (χ0v) is 15.1. The molecule has 23 heavy (non-hydrogen) atoms. The molecule has 1 rings (SSSR count). The first-order chi connectivity index (χ1) is 10.9. The molecule has 5 heteroatoms. The predicted octanol–water partition coefficient (Wildman–Crippen LogP) is 3.29. The summed E-state index contributed by atoms with van der Waals surface area (Å²) in [5.41, 5.74) is 2.06. The number of nitrogens with zero attached hydrogens (tertiary/aromatic N) is 1. The number of urea groups is 1. The Kier molecular flexibility index (Phi) is 8.66. The normalized spacial score (nSPS) is 12.5. The standard InChI is InChI=1S/C18H31N3O2/c1-6-23-17(11-12-21(4)5)13-19-18(22)20-16-9-7-15(8-10-16)14(2)3/h7-10,14,17H,6,11-13H2,1-5H3,(H2,19,20,22)/t17-/m1/s1. The maximum Gasteiger partial charge on any atom is 0.319 e. The van der Waals surface area contributed by atoms with Gasteiger partial charge in [-0.2, -0.15) is 0 Å². The second-order valence-electron chi connectivity index (χ2n) is 6.28. The van der Waals surface area contributed by atoms with Crippen LogP contribution in [0, 0.1) is 0 Å². The molecule has 2 N–H and O–H groups in total. The van der Waals surface area contributed by atoms with Gasteiger partial charge in [0, 0.05) is 25.4 Å². The number of rotatable bonds is 9. The minimum absolute atomic E-state index is 0.0384. The van der Waals surface area contributed by atoms with Gasteiger partial charge in [0.05, 0.1) is 6.10 Å². The Labute approximate surface area is 140 Å². The second-order valence-corrected chi connectivity index (χ2v) is 6.28.